The number of nitrogens with two attached hydrogens (primary N) is 1. The number of halogens is 2. The smallest absolute Gasteiger partial charge is 0.217 e. The molecular formula is C24H32FIN4O2. The van der Waals surface area contributed by atoms with E-state index in [1.165, 1.54) is 12.1 Å². The second kappa shape index (κ2) is 13.2. The lowest BCUT2D eigenvalue weighted by atomic mass is 9.95. The van der Waals surface area contributed by atoms with E-state index in [-0.39, 0.29) is 41.6 Å². The number of carbonyl (C=O) groups excluding carboxylic acids is 1. The lowest BCUT2D eigenvalue weighted by Crippen LogP contribution is -2.47. The molecule has 0 aliphatic carbocycles. The number of rotatable bonds is 8. The predicted molar refractivity (Wildman–Crippen MR) is 136 cm³/mol. The van der Waals surface area contributed by atoms with Gasteiger partial charge in [-0.1, -0.05) is 24.3 Å². The van der Waals surface area contributed by atoms with Gasteiger partial charge in [-0.2, -0.15) is 0 Å². The van der Waals surface area contributed by atoms with Crippen molar-refractivity contribution in [2.24, 2.45) is 16.6 Å². The Bertz CT molecular complexity index is 892. The molecule has 0 spiro atoms. The Labute approximate surface area is 206 Å². The summed E-state index contributed by atoms with van der Waals surface area (Å²) in [5, 5.41) is 3.36. The maximum atomic E-state index is 13.3. The molecule has 0 radical (unpaired) electrons. The number of piperidine rings is 1. The summed E-state index contributed by atoms with van der Waals surface area (Å²) >= 11 is 0. The van der Waals surface area contributed by atoms with Gasteiger partial charge in [-0.15, -0.1) is 24.0 Å². The molecule has 2 aromatic carbocycles. The Kier molecular flexibility index (Phi) is 10.7. The zero-order chi connectivity index (χ0) is 22.1. The minimum atomic E-state index is -0.263. The molecule has 1 heterocycles. The highest BCUT2D eigenvalue weighted by atomic mass is 127. The first-order chi connectivity index (χ1) is 15.0. The number of aliphatic imine (C=N–C) groups is 1. The van der Waals surface area contributed by atoms with E-state index in [0.717, 1.165) is 55.3 Å². The number of ether oxygens (including phenoxy) is 1. The van der Waals surface area contributed by atoms with Crippen molar-refractivity contribution >= 4 is 35.8 Å². The van der Waals surface area contributed by atoms with Crippen molar-refractivity contribution in [3.05, 3.63) is 65.5 Å². The fraction of sp³-hybridized carbons (Fsp3) is 0.417. The Morgan fingerprint density at radius 2 is 2.03 bits per heavy atom. The third-order valence-electron chi connectivity index (χ3n) is 5.27. The Morgan fingerprint density at radius 1 is 1.25 bits per heavy atom. The number of guanidine groups is 1. The molecule has 0 aromatic heterocycles. The fourth-order valence-electron chi connectivity index (χ4n) is 3.79. The molecule has 0 bridgehead atoms. The second-order valence-electron chi connectivity index (χ2n) is 7.86. The van der Waals surface area contributed by atoms with Crippen molar-refractivity contribution in [2.45, 2.75) is 39.3 Å². The summed E-state index contributed by atoms with van der Waals surface area (Å²) in [4.78, 5) is 18.3. The van der Waals surface area contributed by atoms with E-state index in [1.54, 1.807) is 6.07 Å². The second-order valence-corrected chi connectivity index (χ2v) is 7.86. The average molecular weight is 554 g/mol. The molecule has 8 heteroatoms. The van der Waals surface area contributed by atoms with Gasteiger partial charge in [0.2, 0.25) is 5.91 Å². The van der Waals surface area contributed by atoms with Crippen molar-refractivity contribution in [2.75, 3.05) is 19.6 Å². The summed E-state index contributed by atoms with van der Waals surface area (Å²) in [6.07, 6.45) is 2.47. The van der Waals surface area contributed by atoms with Crippen LogP contribution < -0.4 is 15.8 Å². The topological polar surface area (TPSA) is 80.0 Å². The first-order valence-corrected chi connectivity index (χ1v) is 10.8. The molecule has 2 aromatic rings. The molecule has 32 heavy (non-hydrogen) atoms. The normalized spacial score (nSPS) is 16.2. The zero-order valence-electron chi connectivity index (χ0n) is 18.4. The van der Waals surface area contributed by atoms with Crippen LogP contribution in [0.5, 0.6) is 5.75 Å². The minimum Gasteiger partial charge on any atom is -0.489 e. The van der Waals surface area contributed by atoms with Crippen molar-refractivity contribution < 1.29 is 13.9 Å². The van der Waals surface area contributed by atoms with E-state index in [2.05, 4.69) is 10.2 Å². The lowest BCUT2D eigenvalue weighted by Gasteiger charge is -2.34. The van der Waals surface area contributed by atoms with Gasteiger partial charge in [0.25, 0.3) is 0 Å². The number of hydrogen-bond acceptors (Lipinski definition) is 3. The van der Waals surface area contributed by atoms with Crippen molar-refractivity contribution in [1.82, 2.24) is 10.2 Å². The quantitative estimate of drug-likeness (QED) is 0.293. The van der Waals surface area contributed by atoms with E-state index in [0.29, 0.717) is 19.6 Å². The van der Waals surface area contributed by atoms with Crippen molar-refractivity contribution in [3.63, 3.8) is 0 Å². The summed E-state index contributed by atoms with van der Waals surface area (Å²) in [5.74, 6) is 1.37. The first-order valence-electron chi connectivity index (χ1n) is 10.8. The third kappa shape index (κ3) is 8.29. The molecule has 6 nitrogen and oxygen atoms in total. The molecule has 1 aliphatic heterocycles. The standard InChI is InChI=1S/C24H31FN4O2.HI/c1-2-27-24(29-12-4-6-19(16-29)14-23(26)30)28-15-18-8-10-22(11-9-18)31-17-20-5-3-7-21(25)13-20;/h3,5,7-11,13,19H,2,4,6,12,14-17H2,1H3,(H2,26,30)(H,27,28);1H. The molecule has 1 saturated heterocycles. The van der Waals surface area contributed by atoms with E-state index in [1.807, 2.05) is 37.3 Å². The highest BCUT2D eigenvalue weighted by Crippen LogP contribution is 2.20. The summed E-state index contributed by atoms with van der Waals surface area (Å²) in [6.45, 7) is 5.41. The van der Waals surface area contributed by atoms with Gasteiger partial charge in [-0.25, -0.2) is 9.38 Å². The van der Waals surface area contributed by atoms with Gasteiger partial charge in [-0.05, 0) is 61.1 Å². The molecule has 1 atom stereocenters. The van der Waals surface area contributed by atoms with Crippen LogP contribution in [0, 0.1) is 11.7 Å². The Hall–Kier alpha value is -2.36. The van der Waals surface area contributed by atoms with E-state index < -0.39 is 0 Å². The van der Waals surface area contributed by atoms with Gasteiger partial charge in [0.15, 0.2) is 5.96 Å². The summed E-state index contributed by atoms with van der Waals surface area (Å²) in [6, 6.07) is 14.2. The number of likely N-dealkylation sites (tertiary alicyclic amines) is 1. The largest absolute Gasteiger partial charge is 0.489 e. The fourth-order valence-corrected chi connectivity index (χ4v) is 3.79. The maximum absolute atomic E-state index is 13.3. The minimum absolute atomic E-state index is 0. The summed E-state index contributed by atoms with van der Waals surface area (Å²) in [5.41, 5.74) is 7.24. The number of hydrogen-bond donors (Lipinski definition) is 2. The number of benzene rings is 2. The van der Waals surface area contributed by atoms with Crippen LogP contribution in [-0.4, -0.2) is 36.4 Å². The first kappa shape index (κ1) is 25.9. The van der Waals surface area contributed by atoms with Crippen LogP contribution in [0.4, 0.5) is 4.39 Å². The third-order valence-corrected chi connectivity index (χ3v) is 5.27. The highest BCUT2D eigenvalue weighted by molar-refractivity contribution is 14.0. The molecule has 0 saturated carbocycles. The van der Waals surface area contributed by atoms with Crippen LogP contribution in [0.3, 0.4) is 0 Å². The molecular weight excluding hydrogens is 522 g/mol. The Balaban J connectivity index is 0.00000363. The lowest BCUT2D eigenvalue weighted by molar-refractivity contribution is -0.119. The van der Waals surface area contributed by atoms with Crippen molar-refractivity contribution in [1.29, 1.82) is 0 Å². The maximum Gasteiger partial charge on any atom is 0.217 e. The number of nitrogens with zero attached hydrogens (tertiary/aromatic N) is 2. The van der Waals surface area contributed by atoms with Gasteiger partial charge in [0.05, 0.1) is 6.54 Å². The van der Waals surface area contributed by atoms with Gasteiger partial charge < -0.3 is 20.7 Å². The summed E-state index contributed by atoms with van der Waals surface area (Å²) < 4.78 is 19.0. The van der Waals surface area contributed by atoms with Gasteiger partial charge in [-0.3, -0.25) is 4.79 Å². The zero-order valence-corrected chi connectivity index (χ0v) is 20.8. The van der Waals surface area contributed by atoms with Crippen molar-refractivity contribution in [3.8, 4) is 5.75 Å². The average Bonchev–Trinajstić information content (AvgIpc) is 2.76. The van der Waals surface area contributed by atoms with Gasteiger partial charge >= 0.3 is 0 Å². The van der Waals surface area contributed by atoms with E-state index >= 15 is 0 Å². The van der Waals surface area contributed by atoms with Gasteiger partial charge in [0, 0.05) is 26.1 Å². The summed E-state index contributed by atoms with van der Waals surface area (Å²) in [7, 11) is 0. The monoisotopic (exact) mass is 554 g/mol. The molecule has 174 valence electrons. The van der Waals surface area contributed by atoms with Gasteiger partial charge in [0.1, 0.15) is 18.2 Å². The highest BCUT2D eigenvalue weighted by Gasteiger charge is 2.23. The number of carbonyl (C=O) groups is 1. The van der Waals surface area contributed by atoms with Crippen LogP contribution in [0.2, 0.25) is 0 Å². The molecule has 3 rings (SSSR count). The molecule has 1 amide bonds. The predicted octanol–water partition coefficient (Wildman–Crippen LogP) is 4.08. The molecule has 1 unspecified atom stereocenters. The van der Waals surface area contributed by atoms with E-state index in [4.69, 9.17) is 15.5 Å². The van der Waals surface area contributed by atoms with Crippen LogP contribution >= 0.6 is 24.0 Å². The van der Waals surface area contributed by atoms with Crippen LogP contribution in [-0.2, 0) is 17.9 Å². The number of amides is 1. The number of nitrogens with one attached hydrogen (secondary N) is 1. The van der Waals surface area contributed by atoms with Crippen LogP contribution in [0.1, 0.15) is 37.3 Å². The van der Waals surface area contributed by atoms with Crippen LogP contribution in [0.15, 0.2) is 53.5 Å². The molecule has 3 N–H and O–H groups in total. The number of primary amides is 1. The van der Waals surface area contributed by atoms with Crippen LogP contribution in [0.25, 0.3) is 0 Å². The van der Waals surface area contributed by atoms with E-state index in [9.17, 15) is 9.18 Å². The molecule has 1 aliphatic rings. The Morgan fingerprint density at radius 3 is 2.72 bits per heavy atom. The SMILES string of the molecule is CCNC(=NCc1ccc(OCc2cccc(F)c2)cc1)N1CCCC(CC(N)=O)C1.I. The molecule has 1 fully saturated rings.